The van der Waals surface area contributed by atoms with E-state index >= 15 is 0 Å². The van der Waals surface area contributed by atoms with Gasteiger partial charge in [-0.1, -0.05) is 18.7 Å². The lowest BCUT2D eigenvalue weighted by molar-refractivity contribution is 0.348. The second-order valence-electron chi connectivity index (χ2n) is 2.89. The first-order chi connectivity index (χ1) is 6.20. The van der Waals surface area contributed by atoms with Crippen LogP contribution in [0.3, 0.4) is 0 Å². The van der Waals surface area contributed by atoms with Crippen LogP contribution < -0.4 is 10.4 Å². The predicted octanol–water partition coefficient (Wildman–Crippen LogP) is 0.131. The average molecular weight is 173 g/mol. The molecule has 2 nitrogen and oxygen atoms in total. The van der Waals surface area contributed by atoms with Crippen molar-refractivity contribution in [2.24, 2.45) is 0 Å². The van der Waals surface area contributed by atoms with Gasteiger partial charge in [-0.05, 0) is 23.8 Å². The Morgan fingerprint density at radius 1 is 1.62 bits per heavy atom. The van der Waals surface area contributed by atoms with Gasteiger partial charge >= 0.3 is 0 Å². The van der Waals surface area contributed by atoms with E-state index in [1.807, 2.05) is 6.07 Å². The summed E-state index contributed by atoms with van der Waals surface area (Å²) in [6.45, 7) is 5.57. The summed E-state index contributed by atoms with van der Waals surface area (Å²) in [5, 5.41) is 19.3. The van der Waals surface area contributed by atoms with Crippen molar-refractivity contribution in [2.45, 2.75) is 6.92 Å². The minimum Gasteiger partial charge on any atom is -0.392 e. The Bertz CT molecular complexity index is 454. The highest BCUT2D eigenvalue weighted by molar-refractivity contribution is 5.49. The Kier molecular flexibility index (Phi) is 2.84. The minimum absolute atomic E-state index is 0.0405. The normalized spacial score (nSPS) is 12.1. The van der Waals surface area contributed by atoms with E-state index in [0.29, 0.717) is 5.56 Å². The van der Waals surface area contributed by atoms with Crippen molar-refractivity contribution in [3.05, 3.63) is 34.2 Å². The maximum atomic E-state index is 8.96. The molecule has 0 saturated heterocycles. The van der Waals surface area contributed by atoms with Gasteiger partial charge in [0.2, 0.25) is 0 Å². The lowest BCUT2D eigenvalue weighted by atomic mass is 10.1. The standard InChI is InChI=1S/C11H11NO/c1-8-4-3-5-10(6-12)11(8)9(2)7-13/h3-5,13H,1,7H2,2H3/b11-9-. The second kappa shape index (κ2) is 3.88. The summed E-state index contributed by atoms with van der Waals surface area (Å²) in [5.74, 6) is 0. The molecule has 1 N–H and O–H groups in total. The minimum atomic E-state index is -0.0405. The van der Waals surface area contributed by atoms with Gasteiger partial charge in [0.1, 0.15) is 0 Å². The van der Waals surface area contributed by atoms with Crippen molar-refractivity contribution in [3.8, 4) is 6.07 Å². The highest BCUT2D eigenvalue weighted by atomic mass is 16.3. The zero-order chi connectivity index (χ0) is 9.84. The molecule has 0 saturated carbocycles. The third kappa shape index (κ3) is 1.77. The van der Waals surface area contributed by atoms with Crippen LogP contribution in [-0.4, -0.2) is 11.7 Å². The third-order valence-electron chi connectivity index (χ3n) is 1.94. The molecule has 0 aliphatic carbocycles. The number of benzene rings is 1. The molecular formula is C11H11NO. The molecule has 0 amide bonds. The Morgan fingerprint density at radius 2 is 2.31 bits per heavy atom. The topological polar surface area (TPSA) is 44.0 Å². The Hall–Kier alpha value is -1.59. The van der Waals surface area contributed by atoms with Gasteiger partial charge in [-0.2, -0.15) is 5.26 Å². The highest BCUT2D eigenvalue weighted by Gasteiger charge is 1.97. The maximum Gasteiger partial charge on any atom is 0.0998 e. The average Bonchev–Trinajstić information content (AvgIpc) is 2.16. The molecule has 0 bridgehead atoms. The summed E-state index contributed by atoms with van der Waals surface area (Å²) < 4.78 is 0. The molecule has 2 heteroatoms. The van der Waals surface area contributed by atoms with Crippen molar-refractivity contribution >= 4 is 12.2 Å². The summed E-state index contributed by atoms with van der Waals surface area (Å²) in [7, 11) is 0. The summed E-state index contributed by atoms with van der Waals surface area (Å²) in [4.78, 5) is 0. The quantitative estimate of drug-likeness (QED) is 0.656. The van der Waals surface area contributed by atoms with E-state index in [4.69, 9.17) is 10.4 Å². The fraction of sp³-hybridized carbons (Fsp3) is 0.182. The van der Waals surface area contributed by atoms with E-state index in [1.54, 1.807) is 19.1 Å². The zero-order valence-corrected chi connectivity index (χ0v) is 7.54. The molecule has 0 aromatic heterocycles. The molecule has 0 unspecified atom stereocenters. The molecular weight excluding hydrogens is 162 g/mol. The van der Waals surface area contributed by atoms with Crippen LogP contribution in [0.5, 0.6) is 0 Å². The molecule has 1 rings (SSSR count). The van der Waals surface area contributed by atoms with Crippen molar-refractivity contribution in [2.75, 3.05) is 6.61 Å². The van der Waals surface area contributed by atoms with Crippen LogP contribution in [0.15, 0.2) is 18.2 Å². The molecule has 0 atom stereocenters. The van der Waals surface area contributed by atoms with E-state index in [1.165, 1.54) is 0 Å². The van der Waals surface area contributed by atoms with Gasteiger partial charge in [0.15, 0.2) is 0 Å². The van der Waals surface area contributed by atoms with E-state index in [-0.39, 0.29) is 6.61 Å². The van der Waals surface area contributed by atoms with E-state index in [0.717, 1.165) is 16.0 Å². The molecule has 1 aromatic rings. The molecule has 0 aliphatic rings. The van der Waals surface area contributed by atoms with Crippen molar-refractivity contribution < 1.29 is 5.11 Å². The van der Waals surface area contributed by atoms with Crippen LogP contribution in [0.4, 0.5) is 0 Å². The molecule has 0 radical (unpaired) electrons. The molecule has 13 heavy (non-hydrogen) atoms. The third-order valence-corrected chi connectivity index (χ3v) is 1.94. The monoisotopic (exact) mass is 173 g/mol. The molecule has 0 aliphatic heterocycles. The summed E-state index contributed by atoms with van der Waals surface area (Å²) in [5.41, 5.74) is 1.35. The van der Waals surface area contributed by atoms with Gasteiger partial charge in [0.05, 0.1) is 18.2 Å². The van der Waals surface area contributed by atoms with Gasteiger partial charge in [-0.25, -0.2) is 0 Å². The van der Waals surface area contributed by atoms with Gasteiger partial charge in [-0.3, -0.25) is 0 Å². The number of nitrogens with zero attached hydrogens (tertiary/aromatic N) is 1. The number of rotatable bonds is 1. The number of aliphatic hydroxyl groups excluding tert-OH is 1. The predicted molar refractivity (Wildman–Crippen MR) is 52.1 cm³/mol. The fourth-order valence-corrected chi connectivity index (χ4v) is 1.28. The van der Waals surface area contributed by atoms with Crippen LogP contribution in [0.25, 0.3) is 12.2 Å². The lowest BCUT2D eigenvalue weighted by Crippen LogP contribution is -2.28. The van der Waals surface area contributed by atoms with Crippen LogP contribution in [0.2, 0.25) is 0 Å². The lowest BCUT2D eigenvalue weighted by Gasteiger charge is -1.97. The Balaban J connectivity index is 3.72. The van der Waals surface area contributed by atoms with Crippen LogP contribution in [0, 0.1) is 11.3 Å². The number of hydrogen-bond acceptors (Lipinski definition) is 2. The Labute approximate surface area is 77.1 Å². The van der Waals surface area contributed by atoms with Gasteiger partial charge in [0, 0.05) is 5.22 Å². The molecule has 66 valence electrons. The van der Waals surface area contributed by atoms with E-state index in [9.17, 15) is 0 Å². The largest absolute Gasteiger partial charge is 0.392 e. The number of nitriles is 1. The van der Waals surface area contributed by atoms with Crippen molar-refractivity contribution in [3.63, 3.8) is 0 Å². The number of aliphatic hydroxyl groups is 1. The van der Waals surface area contributed by atoms with E-state index < -0.39 is 0 Å². The van der Waals surface area contributed by atoms with Crippen molar-refractivity contribution in [1.29, 1.82) is 5.26 Å². The molecule has 0 heterocycles. The zero-order valence-electron chi connectivity index (χ0n) is 7.54. The van der Waals surface area contributed by atoms with Gasteiger partial charge < -0.3 is 5.11 Å². The maximum absolute atomic E-state index is 8.96. The van der Waals surface area contributed by atoms with Crippen LogP contribution >= 0.6 is 0 Å². The van der Waals surface area contributed by atoms with Crippen LogP contribution in [-0.2, 0) is 0 Å². The summed E-state index contributed by atoms with van der Waals surface area (Å²) in [6, 6.07) is 7.42. The fourth-order valence-electron chi connectivity index (χ4n) is 1.28. The molecule has 1 aromatic carbocycles. The molecule has 0 fully saturated rings. The first-order valence-electron chi connectivity index (χ1n) is 3.99. The molecule has 0 spiro atoms. The van der Waals surface area contributed by atoms with E-state index in [2.05, 4.69) is 12.6 Å². The van der Waals surface area contributed by atoms with Crippen molar-refractivity contribution in [1.82, 2.24) is 0 Å². The Morgan fingerprint density at radius 3 is 2.85 bits per heavy atom. The number of hydrogen-bond donors (Lipinski definition) is 1. The van der Waals surface area contributed by atoms with Gasteiger partial charge in [0.25, 0.3) is 0 Å². The first kappa shape index (κ1) is 9.50. The highest BCUT2D eigenvalue weighted by Crippen LogP contribution is 1.90. The smallest absolute Gasteiger partial charge is 0.0998 e. The van der Waals surface area contributed by atoms with Crippen LogP contribution in [0.1, 0.15) is 12.5 Å². The van der Waals surface area contributed by atoms with Gasteiger partial charge in [-0.15, -0.1) is 0 Å². The second-order valence-corrected chi connectivity index (χ2v) is 2.89. The summed E-state index contributed by atoms with van der Waals surface area (Å²) >= 11 is 0. The summed E-state index contributed by atoms with van der Waals surface area (Å²) in [6.07, 6.45) is 0. The SMILES string of the molecule is C=c1cccc(C#N)/c1=C(/C)CO. The first-order valence-corrected chi connectivity index (χ1v) is 3.99.